The second-order valence-corrected chi connectivity index (χ2v) is 7.42. The Bertz CT molecular complexity index is 712. The number of aromatic nitrogens is 3. The molecule has 0 radical (unpaired) electrons. The predicted molar refractivity (Wildman–Crippen MR) is 105 cm³/mol. The summed E-state index contributed by atoms with van der Waals surface area (Å²) in [4.78, 5) is 2.34. The fourth-order valence-electron chi connectivity index (χ4n) is 4.07. The molecule has 2 aliphatic rings. The molecule has 0 bridgehead atoms. The molecule has 1 aromatic carbocycles. The number of rotatable bonds is 6. The van der Waals surface area contributed by atoms with Crippen molar-refractivity contribution in [3.8, 4) is 0 Å². The number of morpholine rings is 1. The first kappa shape index (κ1) is 18.4. The Balaban J connectivity index is 1.42. The van der Waals surface area contributed by atoms with Gasteiger partial charge in [-0.05, 0) is 44.6 Å². The number of benzene rings is 1. The molecule has 2 fully saturated rings. The summed E-state index contributed by atoms with van der Waals surface area (Å²) in [5, 5.41) is 9.05. The minimum absolute atomic E-state index is 0.0925. The molecule has 27 heavy (non-hydrogen) atoms. The average molecular weight is 370 g/mol. The van der Waals surface area contributed by atoms with Crippen molar-refractivity contribution in [3.05, 3.63) is 41.7 Å². The zero-order valence-electron chi connectivity index (χ0n) is 16.2. The molecular formula is C21H30N4O2. The monoisotopic (exact) mass is 370 g/mol. The highest BCUT2D eigenvalue weighted by molar-refractivity contribution is 5.32. The van der Waals surface area contributed by atoms with E-state index in [9.17, 15) is 0 Å². The van der Waals surface area contributed by atoms with Crippen LogP contribution < -0.4 is 4.90 Å². The van der Waals surface area contributed by atoms with Gasteiger partial charge in [0.1, 0.15) is 6.10 Å². The Morgan fingerprint density at radius 3 is 2.74 bits per heavy atom. The summed E-state index contributed by atoms with van der Waals surface area (Å²) in [7, 11) is 0. The lowest BCUT2D eigenvalue weighted by atomic mass is 10.1. The third-order valence-corrected chi connectivity index (χ3v) is 5.56. The van der Waals surface area contributed by atoms with Crippen LogP contribution in [0.2, 0.25) is 0 Å². The lowest BCUT2D eigenvalue weighted by Gasteiger charge is -2.34. The van der Waals surface area contributed by atoms with Crippen molar-refractivity contribution in [2.24, 2.45) is 0 Å². The Morgan fingerprint density at radius 1 is 1.07 bits per heavy atom. The van der Waals surface area contributed by atoms with E-state index < -0.39 is 0 Å². The van der Waals surface area contributed by atoms with Crippen LogP contribution in [0, 0.1) is 0 Å². The molecule has 0 amide bonds. The van der Waals surface area contributed by atoms with Crippen molar-refractivity contribution in [3.63, 3.8) is 0 Å². The van der Waals surface area contributed by atoms with E-state index in [2.05, 4.69) is 56.9 Å². The maximum absolute atomic E-state index is 6.02. The molecule has 146 valence electrons. The molecule has 4 rings (SSSR count). The first-order valence-corrected chi connectivity index (χ1v) is 10.3. The normalized spacial score (nSPS) is 23.5. The second kappa shape index (κ2) is 8.85. The maximum Gasteiger partial charge on any atom is 0.227 e. The smallest absolute Gasteiger partial charge is 0.227 e. The van der Waals surface area contributed by atoms with Gasteiger partial charge < -0.3 is 14.4 Å². The van der Waals surface area contributed by atoms with Gasteiger partial charge in [-0.25, -0.2) is 0 Å². The first-order chi connectivity index (χ1) is 13.3. The van der Waals surface area contributed by atoms with Crippen molar-refractivity contribution >= 4 is 5.95 Å². The summed E-state index contributed by atoms with van der Waals surface area (Å²) < 4.78 is 14.2. The van der Waals surface area contributed by atoms with E-state index in [1.807, 2.05) is 0 Å². The highest BCUT2D eigenvalue weighted by Crippen LogP contribution is 2.29. The van der Waals surface area contributed by atoms with E-state index in [1.165, 1.54) is 12.0 Å². The Morgan fingerprint density at radius 2 is 1.96 bits per heavy atom. The van der Waals surface area contributed by atoms with Crippen LogP contribution in [0.4, 0.5) is 5.95 Å². The maximum atomic E-state index is 6.02. The number of hydrogen-bond acceptors (Lipinski definition) is 5. The SMILES string of the molecule is CCn1c(C2CCCCO2)nnc1N1CCOC(CCc2ccccc2)C1. The van der Waals surface area contributed by atoms with Gasteiger partial charge in [-0.1, -0.05) is 30.3 Å². The van der Waals surface area contributed by atoms with Crippen molar-refractivity contribution < 1.29 is 9.47 Å². The predicted octanol–water partition coefficient (Wildman–Crippen LogP) is 3.38. The average Bonchev–Trinajstić information content (AvgIpc) is 3.18. The minimum Gasteiger partial charge on any atom is -0.375 e. The molecule has 0 spiro atoms. The van der Waals surface area contributed by atoms with Gasteiger partial charge in [-0.15, -0.1) is 10.2 Å². The van der Waals surface area contributed by atoms with Crippen molar-refractivity contribution in [1.29, 1.82) is 0 Å². The van der Waals surface area contributed by atoms with Gasteiger partial charge in [-0.2, -0.15) is 0 Å². The van der Waals surface area contributed by atoms with Crippen LogP contribution in [0.25, 0.3) is 0 Å². The lowest BCUT2D eigenvalue weighted by Crippen LogP contribution is -2.44. The summed E-state index contributed by atoms with van der Waals surface area (Å²) >= 11 is 0. The van der Waals surface area contributed by atoms with Crippen LogP contribution in [0.5, 0.6) is 0 Å². The standard InChI is InChI=1S/C21H30N4O2/c1-2-25-20(19-10-6-7-14-27-19)22-23-21(25)24-13-15-26-18(16-24)12-11-17-8-4-3-5-9-17/h3-5,8-9,18-19H,2,6-7,10-16H2,1H3. The summed E-state index contributed by atoms with van der Waals surface area (Å²) in [6.07, 6.45) is 5.79. The molecule has 0 aliphatic carbocycles. The number of aryl methyl sites for hydroxylation is 1. The molecule has 2 aliphatic heterocycles. The van der Waals surface area contributed by atoms with Gasteiger partial charge in [0.05, 0.1) is 12.7 Å². The van der Waals surface area contributed by atoms with Crippen LogP contribution in [0.1, 0.15) is 50.1 Å². The van der Waals surface area contributed by atoms with E-state index in [-0.39, 0.29) is 12.2 Å². The lowest BCUT2D eigenvalue weighted by molar-refractivity contribution is 0.00715. The summed E-state index contributed by atoms with van der Waals surface area (Å²) in [6.45, 7) is 6.33. The summed E-state index contributed by atoms with van der Waals surface area (Å²) in [5.41, 5.74) is 1.37. The van der Waals surface area contributed by atoms with E-state index in [0.717, 1.165) is 70.3 Å². The molecule has 0 saturated carbocycles. The molecule has 3 heterocycles. The Labute approximate surface area is 161 Å². The zero-order valence-corrected chi connectivity index (χ0v) is 16.2. The molecular weight excluding hydrogens is 340 g/mol. The third-order valence-electron chi connectivity index (χ3n) is 5.56. The van der Waals surface area contributed by atoms with E-state index in [4.69, 9.17) is 9.47 Å². The minimum atomic E-state index is 0.0925. The molecule has 2 atom stereocenters. The highest BCUT2D eigenvalue weighted by atomic mass is 16.5. The summed E-state index contributed by atoms with van der Waals surface area (Å²) in [6, 6.07) is 10.6. The van der Waals surface area contributed by atoms with Crippen LogP contribution in [-0.2, 0) is 22.4 Å². The van der Waals surface area contributed by atoms with Crippen LogP contribution >= 0.6 is 0 Å². The van der Waals surface area contributed by atoms with E-state index in [1.54, 1.807) is 0 Å². The summed E-state index contributed by atoms with van der Waals surface area (Å²) in [5.74, 6) is 1.95. The van der Waals surface area contributed by atoms with E-state index >= 15 is 0 Å². The largest absolute Gasteiger partial charge is 0.375 e. The van der Waals surface area contributed by atoms with Gasteiger partial charge in [0.2, 0.25) is 5.95 Å². The van der Waals surface area contributed by atoms with Crippen molar-refractivity contribution in [1.82, 2.24) is 14.8 Å². The quantitative estimate of drug-likeness (QED) is 0.780. The van der Waals surface area contributed by atoms with Crippen LogP contribution in [0.3, 0.4) is 0 Å². The number of hydrogen-bond donors (Lipinski definition) is 0. The second-order valence-electron chi connectivity index (χ2n) is 7.42. The zero-order chi connectivity index (χ0) is 18.5. The van der Waals surface area contributed by atoms with E-state index in [0.29, 0.717) is 0 Å². The molecule has 2 saturated heterocycles. The number of nitrogens with zero attached hydrogens (tertiary/aromatic N) is 4. The first-order valence-electron chi connectivity index (χ1n) is 10.3. The van der Waals surface area contributed by atoms with Gasteiger partial charge >= 0.3 is 0 Å². The van der Waals surface area contributed by atoms with Crippen molar-refractivity contribution in [2.45, 2.75) is 57.8 Å². The molecule has 0 N–H and O–H groups in total. The van der Waals surface area contributed by atoms with Gasteiger partial charge in [0.15, 0.2) is 5.82 Å². The molecule has 6 heteroatoms. The van der Waals surface area contributed by atoms with Crippen molar-refractivity contribution in [2.75, 3.05) is 31.2 Å². The Hall–Kier alpha value is -1.92. The fourth-order valence-corrected chi connectivity index (χ4v) is 4.07. The van der Waals surface area contributed by atoms with Crippen LogP contribution in [0.15, 0.2) is 30.3 Å². The van der Waals surface area contributed by atoms with Crippen LogP contribution in [-0.4, -0.2) is 47.2 Å². The fraction of sp³-hybridized carbons (Fsp3) is 0.619. The number of anilines is 1. The molecule has 2 unspecified atom stereocenters. The number of ether oxygens (including phenoxy) is 2. The Kier molecular flexibility index (Phi) is 6.04. The highest BCUT2D eigenvalue weighted by Gasteiger charge is 2.28. The molecule has 2 aromatic rings. The van der Waals surface area contributed by atoms with Gasteiger partial charge in [0.25, 0.3) is 0 Å². The molecule has 6 nitrogen and oxygen atoms in total. The van der Waals surface area contributed by atoms with Gasteiger partial charge in [-0.3, -0.25) is 4.57 Å². The third kappa shape index (κ3) is 4.33. The van der Waals surface area contributed by atoms with Gasteiger partial charge in [0, 0.05) is 26.2 Å². The molecule has 1 aromatic heterocycles. The topological polar surface area (TPSA) is 52.4 Å².